The second-order valence-electron chi connectivity index (χ2n) is 3.61. The lowest BCUT2D eigenvalue weighted by atomic mass is 9.90. The first-order chi connectivity index (χ1) is 8.51. The molecule has 0 bridgehead atoms. The molecular weight excluding hydrogens is 240 g/mol. The normalized spacial score (nSPS) is 13.9. The van der Waals surface area contributed by atoms with Crippen LogP contribution in [-0.4, -0.2) is 35.2 Å². The number of allylic oxidation sites excluding steroid dienone is 2. The Hall–Kier alpha value is -2.63. The van der Waals surface area contributed by atoms with Crippen LogP contribution in [0.4, 0.5) is 0 Å². The van der Waals surface area contributed by atoms with E-state index in [1.807, 2.05) is 0 Å². The lowest BCUT2D eigenvalue weighted by Crippen LogP contribution is -2.19. The topological polar surface area (TPSA) is 101 Å². The van der Waals surface area contributed by atoms with E-state index in [9.17, 15) is 24.6 Å². The number of fused-ring (bicyclic) bond motifs is 1. The zero-order valence-electron chi connectivity index (χ0n) is 9.26. The Morgan fingerprint density at radius 3 is 2.44 bits per heavy atom. The lowest BCUT2D eigenvalue weighted by molar-refractivity contribution is 0.0911. The van der Waals surface area contributed by atoms with Crippen molar-refractivity contribution in [1.29, 1.82) is 0 Å². The Morgan fingerprint density at radius 1 is 1.22 bits per heavy atom. The van der Waals surface area contributed by atoms with Crippen LogP contribution in [0.5, 0.6) is 11.5 Å². The van der Waals surface area contributed by atoms with Gasteiger partial charge in [0.15, 0.2) is 17.8 Å². The Morgan fingerprint density at radius 2 is 1.89 bits per heavy atom. The van der Waals surface area contributed by atoms with Gasteiger partial charge in [-0.15, -0.1) is 0 Å². The summed E-state index contributed by atoms with van der Waals surface area (Å²) in [7, 11) is 1.21. The quantitative estimate of drug-likeness (QED) is 0.593. The summed E-state index contributed by atoms with van der Waals surface area (Å²) in [6.45, 7) is 0. The molecule has 2 N–H and O–H groups in total. The third kappa shape index (κ3) is 1.46. The van der Waals surface area contributed by atoms with E-state index in [-0.39, 0.29) is 28.7 Å². The minimum Gasteiger partial charge on any atom is -0.507 e. The van der Waals surface area contributed by atoms with E-state index in [1.54, 1.807) is 0 Å². The van der Waals surface area contributed by atoms with Gasteiger partial charge in [-0.25, -0.2) is 0 Å². The molecule has 0 radical (unpaired) electrons. The highest BCUT2D eigenvalue weighted by molar-refractivity contribution is 6.26. The molecule has 18 heavy (non-hydrogen) atoms. The van der Waals surface area contributed by atoms with Crippen molar-refractivity contribution < 1.29 is 29.3 Å². The number of ether oxygens (including phenoxy) is 1. The monoisotopic (exact) mass is 248 g/mol. The fraction of sp³-hybridized carbons (Fsp3) is 0.0833. The highest BCUT2D eigenvalue weighted by atomic mass is 16.5. The zero-order valence-corrected chi connectivity index (χ0v) is 9.26. The second kappa shape index (κ2) is 3.99. The second-order valence-corrected chi connectivity index (χ2v) is 3.61. The van der Waals surface area contributed by atoms with Crippen molar-refractivity contribution in [2.24, 2.45) is 0 Å². The van der Waals surface area contributed by atoms with Gasteiger partial charge < -0.3 is 14.9 Å². The summed E-state index contributed by atoms with van der Waals surface area (Å²) in [6.07, 6.45) is 1.18. The number of hydrogen-bond donors (Lipinski definition) is 2. The molecule has 0 unspecified atom stereocenters. The SMILES string of the molecule is COC1=CC(=O)c2c(O)c(C=O)cc(O)c2C1=O. The lowest BCUT2D eigenvalue weighted by Gasteiger charge is -2.17. The highest BCUT2D eigenvalue weighted by Crippen LogP contribution is 2.36. The van der Waals surface area contributed by atoms with Gasteiger partial charge in [-0.3, -0.25) is 14.4 Å². The van der Waals surface area contributed by atoms with Gasteiger partial charge in [-0.05, 0) is 6.07 Å². The number of Topliss-reactive ketones (excluding diaryl/α,β-unsaturated/α-hetero) is 1. The summed E-state index contributed by atoms with van der Waals surface area (Å²) in [4.78, 5) is 34.3. The number of phenols is 2. The molecule has 1 aromatic carbocycles. The Bertz CT molecular complexity index is 611. The van der Waals surface area contributed by atoms with Gasteiger partial charge in [-0.2, -0.15) is 0 Å². The predicted molar refractivity (Wildman–Crippen MR) is 58.9 cm³/mol. The summed E-state index contributed by atoms with van der Waals surface area (Å²) in [6, 6.07) is 0.922. The molecule has 0 saturated carbocycles. The van der Waals surface area contributed by atoms with Crippen LogP contribution in [0.3, 0.4) is 0 Å². The molecule has 0 saturated heterocycles. The van der Waals surface area contributed by atoms with Gasteiger partial charge in [0.1, 0.15) is 11.5 Å². The standard InChI is InChI=1S/C12H8O6/c1-18-8-3-7(15)9-10(12(8)17)6(14)2-5(4-13)11(9)16/h2-4,14,16H,1H3. The summed E-state index contributed by atoms with van der Waals surface area (Å²) in [5.74, 6) is -2.84. The van der Waals surface area contributed by atoms with E-state index in [0.717, 1.165) is 12.1 Å². The molecule has 1 aromatic rings. The fourth-order valence-corrected chi connectivity index (χ4v) is 1.77. The van der Waals surface area contributed by atoms with Crippen molar-refractivity contribution in [3.63, 3.8) is 0 Å². The maximum Gasteiger partial charge on any atom is 0.232 e. The van der Waals surface area contributed by atoms with E-state index in [4.69, 9.17) is 4.74 Å². The van der Waals surface area contributed by atoms with E-state index in [1.165, 1.54) is 7.11 Å². The first kappa shape index (κ1) is 11.8. The first-order valence-electron chi connectivity index (χ1n) is 4.90. The van der Waals surface area contributed by atoms with Crippen LogP contribution in [-0.2, 0) is 4.74 Å². The molecule has 0 aliphatic heterocycles. The molecule has 1 aliphatic carbocycles. The highest BCUT2D eigenvalue weighted by Gasteiger charge is 2.33. The van der Waals surface area contributed by atoms with Gasteiger partial charge in [0, 0.05) is 6.08 Å². The molecule has 0 amide bonds. The molecule has 0 atom stereocenters. The van der Waals surface area contributed by atoms with Crippen molar-refractivity contribution in [3.8, 4) is 11.5 Å². The van der Waals surface area contributed by atoms with Crippen LogP contribution in [0, 0.1) is 0 Å². The number of rotatable bonds is 2. The predicted octanol–water partition coefficient (Wildman–Crippen LogP) is 0.820. The molecule has 2 rings (SSSR count). The van der Waals surface area contributed by atoms with Gasteiger partial charge in [0.2, 0.25) is 5.78 Å². The maximum atomic E-state index is 11.9. The number of carbonyl (C=O) groups is 3. The van der Waals surface area contributed by atoms with Crippen LogP contribution in [0.25, 0.3) is 0 Å². The average molecular weight is 248 g/mol. The smallest absolute Gasteiger partial charge is 0.232 e. The molecule has 0 aromatic heterocycles. The number of aldehydes is 1. The van der Waals surface area contributed by atoms with Crippen molar-refractivity contribution in [3.05, 3.63) is 34.6 Å². The van der Waals surface area contributed by atoms with Gasteiger partial charge in [0.05, 0.1) is 23.8 Å². The fourth-order valence-electron chi connectivity index (χ4n) is 1.77. The molecule has 0 spiro atoms. The molecule has 92 valence electrons. The third-order valence-corrected chi connectivity index (χ3v) is 2.61. The molecule has 1 aliphatic rings. The minimum atomic E-state index is -0.725. The molecule has 6 heteroatoms. The number of ketones is 2. The maximum absolute atomic E-state index is 11.9. The summed E-state index contributed by atoms with van der Waals surface area (Å²) in [5, 5.41) is 19.4. The molecular formula is C12H8O6. The van der Waals surface area contributed by atoms with Crippen molar-refractivity contribution in [2.75, 3.05) is 7.11 Å². The van der Waals surface area contributed by atoms with Gasteiger partial charge in [-0.1, -0.05) is 0 Å². The molecule has 0 heterocycles. The number of carbonyl (C=O) groups excluding carboxylic acids is 3. The van der Waals surface area contributed by atoms with Crippen LogP contribution >= 0.6 is 0 Å². The number of hydrogen-bond acceptors (Lipinski definition) is 6. The number of phenolic OH excluding ortho intramolecular Hbond substituents is 2. The zero-order chi connectivity index (χ0) is 13.4. The van der Waals surface area contributed by atoms with Crippen LogP contribution in [0.2, 0.25) is 0 Å². The molecule has 6 nitrogen and oxygen atoms in total. The van der Waals surface area contributed by atoms with E-state index >= 15 is 0 Å². The first-order valence-corrected chi connectivity index (χ1v) is 4.90. The van der Waals surface area contributed by atoms with Crippen molar-refractivity contribution in [1.82, 2.24) is 0 Å². The van der Waals surface area contributed by atoms with Gasteiger partial charge >= 0.3 is 0 Å². The number of aromatic hydroxyl groups is 2. The summed E-state index contributed by atoms with van der Waals surface area (Å²) >= 11 is 0. The van der Waals surface area contributed by atoms with Crippen LogP contribution < -0.4 is 0 Å². The number of methoxy groups -OCH3 is 1. The Balaban J connectivity index is 2.81. The minimum absolute atomic E-state index is 0.235. The summed E-state index contributed by atoms with van der Waals surface area (Å²) < 4.78 is 4.71. The van der Waals surface area contributed by atoms with Gasteiger partial charge in [0.25, 0.3) is 0 Å². The number of benzene rings is 1. The van der Waals surface area contributed by atoms with Crippen LogP contribution in [0.15, 0.2) is 17.9 Å². The third-order valence-electron chi connectivity index (χ3n) is 2.61. The summed E-state index contributed by atoms with van der Waals surface area (Å²) in [5.41, 5.74) is -1.01. The van der Waals surface area contributed by atoms with Crippen molar-refractivity contribution in [2.45, 2.75) is 0 Å². The molecule has 0 fully saturated rings. The average Bonchev–Trinajstić information content (AvgIpc) is 2.35. The Labute approximate surface area is 101 Å². The van der Waals surface area contributed by atoms with E-state index in [2.05, 4.69) is 0 Å². The van der Waals surface area contributed by atoms with E-state index < -0.39 is 23.1 Å². The van der Waals surface area contributed by atoms with Crippen molar-refractivity contribution >= 4 is 17.9 Å². The largest absolute Gasteiger partial charge is 0.507 e. The van der Waals surface area contributed by atoms with Crippen LogP contribution in [0.1, 0.15) is 31.1 Å². The Kier molecular flexibility index (Phi) is 2.63. The van der Waals surface area contributed by atoms with E-state index in [0.29, 0.717) is 0 Å².